The largest absolute Gasteiger partial charge is 0.480 e. The summed E-state index contributed by atoms with van der Waals surface area (Å²) in [6.45, 7) is 3.88. The first-order valence-electron chi connectivity index (χ1n) is 5.78. The Bertz CT molecular complexity index is 388. The summed E-state index contributed by atoms with van der Waals surface area (Å²) < 4.78 is 4.48. The van der Waals surface area contributed by atoms with E-state index >= 15 is 0 Å². The Balaban J connectivity index is 3.85. The Hall–Kier alpha value is -2.16. The van der Waals surface area contributed by atoms with Crippen LogP contribution in [-0.2, 0) is 19.1 Å². The minimum absolute atomic E-state index is 0.285. The fourth-order valence-electron chi connectivity index (χ4n) is 1.06. The fourth-order valence-corrected chi connectivity index (χ4v) is 1.06. The smallest absolute Gasteiger partial charge is 0.329 e. The van der Waals surface area contributed by atoms with Crippen LogP contribution >= 0.6 is 0 Å². The van der Waals surface area contributed by atoms with Crippen LogP contribution in [0, 0.1) is 0 Å². The molecule has 0 rings (SSSR count). The lowest BCUT2D eigenvalue weighted by atomic mass is 10.1. The van der Waals surface area contributed by atoms with Gasteiger partial charge >= 0.3 is 12.0 Å². The second kappa shape index (κ2) is 8.10. The van der Waals surface area contributed by atoms with Crippen LogP contribution in [0.15, 0.2) is 0 Å². The van der Waals surface area contributed by atoms with Gasteiger partial charge in [0.2, 0.25) is 5.91 Å². The van der Waals surface area contributed by atoms with Crippen molar-refractivity contribution in [2.24, 2.45) is 0 Å². The van der Waals surface area contributed by atoms with Crippen LogP contribution in [0.3, 0.4) is 0 Å². The van der Waals surface area contributed by atoms with Crippen LogP contribution in [0.5, 0.6) is 0 Å². The molecule has 0 saturated heterocycles. The SMILES string of the molecule is CC(C)(C)NC(=O)CNC(=O)NC(=O)COCC(=O)O. The number of hydrogen-bond donors (Lipinski definition) is 4. The number of carboxylic acids is 1. The molecule has 9 heteroatoms. The first-order chi connectivity index (χ1) is 9.10. The summed E-state index contributed by atoms with van der Waals surface area (Å²) in [6.07, 6.45) is 0. The van der Waals surface area contributed by atoms with E-state index in [2.05, 4.69) is 15.4 Å². The zero-order chi connectivity index (χ0) is 15.8. The van der Waals surface area contributed by atoms with E-state index in [0.717, 1.165) is 0 Å². The zero-order valence-corrected chi connectivity index (χ0v) is 11.6. The number of hydrogen-bond acceptors (Lipinski definition) is 5. The quantitative estimate of drug-likeness (QED) is 0.486. The van der Waals surface area contributed by atoms with Crippen molar-refractivity contribution in [3.63, 3.8) is 0 Å². The molecule has 0 aliphatic carbocycles. The maximum atomic E-state index is 11.4. The molecule has 0 aliphatic heterocycles. The van der Waals surface area contributed by atoms with Crippen molar-refractivity contribution >= 4 is 23.8 Å². The third-order valence-corrected chi connectivity index (χ3v) is 1.64. The van der Waals surface area contributed by atoms with E-state index in [4.69, 9.17) is 5.11 Å². The number of rotatable bonds is 6. The van der Waals surface area contributed by atoms with Gasteiger partial charge in [0.1, 0.15) is 13.2 Å². The molecule has 0 bridgehead atoms. The van der Waals surface area contributed by atoms with Crippen molar-refractivity contribution in [1.29, 1.82) is 0 Å². The zero-order valence-electron chi connectivity index (χ0n) is 11.6. The van der Waals surface area contributed by atoms with E-state index < -0.39 is 42.6 Å². The third kappa shape index (κ3) is 11.0. The molecule has 114 valence electrons. The monoisotopic (exact) mass is 289 g/mol. The maximum absolute atomic E-state index is 11.4. The number of urea groups is 1. The second-order valence-corrected chi connectivity index (χ2v) is 4.92. The van der Waals surface area contributed by atoms with Crippen molar-refractivity contribution < 1.29 is 29.0 Å². The van der Waals surface area contributed by atoms with Gasteiger partial charge in [0.05, 0.1) is 6.54 Å². The molecule has 4 N–H and O–H groups in total. The van der Waals surface area contributed by atoms with Gasteiger partial charge in [-0.3, -0.25) is 14.9 Å². The van der Waals surface area contributed by atoms with Gasteiger partial charge in [-0.2, -0.15) is 0 Å². The summed E-state index contributed by atoms with van der Waals surface area (Å²) in [7, 11) is 0. The normalized spacial score (nSPS) is 10.6. The molecule has 20 heavy (non-hydrogen) atoms. The highest BCUT2D eigenvalue weighted by atomic mass is 16.5. The minimum atomic E-state index is -1.22. The van der Waals surface area contributed by atoms with Gasteiger partial charge in [-0.1, -0.05) is 0 Å². The number of amides is 4. The predicted octanol–water partition coefficient (Wildman–Crippen LogP) is -1.17. The molecule has 0 unspecified atom stereocenters. The molecule has 4 amide bonds. The maximum Gasteiger partial charge on any atom is 0.329 e. The highest BCUT2D eigenvalue weighted by Crippen LogP contribution is 1.96. The van der Waals surface area contributed by atoms with E-state index in [-0.39, 0.29) is 6.54 Å². The Kier molecular flexibility index (Phi) is 7.22. The summed E-state index contributed by atoms with van der Waals surface area (Å²) in [6, 6.07) is -0.863. The van der Waals surface area contributed by atoms with Crippen LogP contribution in [0.1, 0.15) is 20.8 Å². The minimum Gasteiger partial charge on any atom is -0.480 e. The number of imide groups is 1. The summed E-state index contributed by atoms with van der Waals surface area (Å²) in [4.78, 5) is 43.8. The van der Waals surface area contributed by atoms with Crippen molar-refractivity contribution in [3.05, 3.63) is 0 Å². The summed E-state index contributed by atoms with van der Waals surface area (Å²) >= 11 is 0. The molecular weight excluding hydrogens is 270 g/mol. The van der Waals surface area contributed by atoms with Gasteiger partial charge in [-0.05, 0) is 20.8 Å². The molecule has 0 fully saturated rings. The van der Waals surface area contributed by atoms with Crippen LogP contribution < -0.4 is 16.0 Å². The molecule has 0 aliphatic rings. The lowest BCUT2D eigenvalue weighted by molar-refractivity contribution is -0.143. The van der Waals surface area contributed by atoms with E-state index in [1.54, 1.807) is 20.8 Å². The Labute approximate surface area is 116 Å². The fraction of sp³-hybridized carbons (Fsp3) is 0.636. The molecule has 0 heterocycles. The van der Waals surface area contributed by atoms with E-state index in [0.29, 0.717) is 0 Å². The molecule has 9 nitrogen and oxygen atoms in total. The van der Waals surface area contributed by atoms with Gasteiger partial charge in [0.25, 0.3) is 5.91 Å². The van der Waals surface area contributed by atoms with Crippen molar-refractivity contribution in [2.75, 3.05) is 19.8 Å². The lowest BCUT2D eigenvalue weighted by Crippen LogP contribution is -2.48. The molecule has 0 atom stereocenters. The molecule has 0 spiro atoms. The molecule has 0 aromatic carbocycles. The average Bonchev–Trinajstić information content (AvgIpc) is 2.23. The van der Waals surface area contributed by atoms with Crippen LogP contribution in [0.4, 0.5) is 4.79 Å². The van der Waals surface area contributed by atoms with E-state index in [1.807, 2.05) is 5.32 Å². The standard InChI is InChI=1S/C11H19N3O6/c1-11(2,3)14-7(15)4-12-10(19)13-8(16)5-20-6-9(17)18/h4-6H2,1-3H3,(H,14,15)(H,17,18)(H2,12,13,16,19). The Morgan fingerprint density at radius 3 is 2.15 bits per heavy atom. The predicted molar refractivity (Wildman–Crippen MR) is 67.9 cm³/mol. The van der Waals surface area contributed by atoms with Gasteiger partial charge in [0, 0.05) is 5.54 Å². The van der Waals surface area contributed by atoms with Gasteiger partial charge < -0.3 is 20.5 Å². The number of nitrogens with one attached hydrogen (secondary N) is 3. The summed E-state index contributed by atoms with van der Waals surface area (Å²) in [5, 5.41) is 14.9. The number of carbonyl (C=O) groups is 4. The van der Waals surface area contributed by atoms with Gasteiger partial charge in [-0.25, -0.2) is 9.59 Å². The van der Waals surface area contributed by atoms with Crippen LogP contribution in [-0.4, -0.2) is 54.2 Å². The highest BCUT2D eigenvalue weighted by Gasteiger charge is 2.15. The lowest BCUT2D eigenvalue weighted by Gasteiger charge is -2.20. The first-order valence-corrected chi connectivity index (χ1v) is 5.78. The molecule has 0 aromatic rings. The second-order valence-electron chi connectivity index (χ2n) is 4.92. The van der Waals surface area contributed by atoms with Gasteiger partial charge in [0.15, 0.2) is 0 Å². The number of carboxylic acid groups (broad SMARTS) is 1. The van der Waals surface area contributed by atoms with Gasteiger partial charge in [-0.15, -0.1) is 0 Å². The average molecular weight is 289 g/mol. The number of ether oxygens (including phenoxy) is 1. The first kappa shape index (κ1) is 17.8. The van der Waals surface area contributed by atoms with Crippen LogP contribution in [0.25, 0.3) is 0 Å². The van der Waals surface area contributed by atoms with Crippen LogP contribution in [0.2, 0.25) is 0 Å². The summed E-state index contributed by atoms with van der Waals surface area (Å²) in [5.74, 6) is -2.43. The third-order valence-electron chi connectivity index (χ3n) is 1.64. The Morgan fingerprint density at radius 2 is 1.65 bits per heavy atom. The van der Waals surface area contributed by atoms with Crippen molar-refractivity contribution in [3.8, 4) is 0 Å². The van der Waals surface area contributed by atoms with Crippen molar-refractivity contribution in [2.45, 2.75) is 26.3 Å². The topological polar surface area (TPSA) is 134 Å². The molecule has 0 aromatic heterocycles. The van der Waals surface area contributed by atoms with E-state index in [1.165, 1.54) is 0 Å². The molecule has 0 radical (unpaired) electrons. The number of carbonyl (C=O) groups excluding carboxylic acids is 3. The Morgan fingerprint density at radius 1 is 1.05 bits per heavy atom. The summed E-state index contributed by atoms with van der Waals surface area (Å²) in [5.41, 5.74) is -0.421. The molecular formula is C11H19N3O6. The van der Waals surface area contributed by atoms with E-state index in [9.17, 15) is 19.2 Å². The highest BCUT2D eigenvalue weighted by molar-refractivity contribution is 5.96. The number of aliphatic carboxylic acids is 1. The van der Waals surface area contributed by atoms with Crippen molar-refractivity contribution in [1.82, 2.24) is 16.0 Å². The molecule has 0 saturated carbocycles.